The summed E-state index contributed by atoms with van der Waals surface area (Å²) in [6.45, 7) is 21.6. The maximum atomic E-state index is 11.4. The third kappa shape index (κ3) is 12.1. The lowest BCUT2D eigenvalue weighted by Gasteiger charge is -2.47. The lowest BCUT2D eigenvalue weighted by Crippen LogP contribution is -2.45. The van der Waals surface area contributed by atoms with Crippen molar-refractivity contribution in [2.75, 3.05) is 0 Å². The summed E-state index contributed by atoms with van der Waals surface area (Å²) in [4.78, 5) is 11.4. The van der Waals surface area contributed by atoms with Crippen molar-refractivity contribution < 1.29 is 39.4 Å². The van der Waals surface area contributed by atoms with Gasteiger partial charge in [0.05, 0.1) is 0 Å². The van der Waals surface area contributed by atoms with E-state index in [1.807, 2.05) is 30.3 Å². The first kappa shape index (κ1) is 53.7. The maximum absolute atomic E-state index is 11.4. The molecule has 6 aliphatic rings. The third-order valence-electron chi connectivity index (χ3n) is 16.8. The van der Waals surface area contributed by atoms with Gasteiger partial charge in [0, 0.05) is 63.5 Å². The van der Waals surface area contributed by atoms with Crippen molar-refractivity contribution in [3.63, 3.8) is 0 Å². The molecule has 3 aromatic rings. The SMILES string of the molecule is CCCCCc1cc(O)c2c(c1)OC(C)(C)C1CC=C(C(=O)O)CC21.CCCCCc1cc(O)c2c(c1)OC(C)(C)C1CC=C(C)CC21.CCCCCc1cc(O)c2c(c1)OC(C)(C)C1CC=C(N)CC21. The number of fused-ring (bicyclic) bond motifs is 9. The molecule has 9 rings (SSSR count). The fraction of sp³-hybridized carbons (Fsp3) is 0.597. The minimum Gasteiger partial charge on any atom is -0.508 e. The lowest BCUT2D eigenvalue weighted by molar-refractivity contribution is -0.133. The zero-order valence-corrected chi connectivity index (χ0v) is 44.9. The van der Waals surface area contributed by atoms with Crippen molar-refractivity contribution in [2.24, 2.45) is 23.5 Å². The summed E-state index contributed by atoms with van der Waals surface area (Å²) in [6, 6.07) is 12.1. The van der Waals surface area contributed by atoms with E-state index in [1.165, 1.54) is 55.2 Å². The van der Waals surface area contributed by atoms with Gasteiger partial charge >= 0.3 is 5.97 Å². The van der Waals surface area contributed by atoms with Gasteiger partial charge in [0.15, 0.2) is 0 Å². The summed E-state index contributed by atoms with van der Waals surface area (Å²) in [5, 5.41) is 41.4. The molecule has 3 aliphatic carbocycles. The fourth-order valence-corrected chi connectivity index (χ4v) is 12.9. The van der Waals surface area contributed by atoms with Gasteiger partial charge in [-0.3, -0.25) is 0 Å². The molecule has 9 heteroatoms. The molecule has 71 heavy (non-hydrogen) atoms. The summed E-state index contributed by atoms with van der Waals surface area (Å²) in [5.74, 6) is 4.30. The minimum atomic E-state index is -0.861. The maximum Gasteiger partial charge on any atom is 0.331 e. The van der Waals surface area contributed by atoms with Crippen molar-refractivity contribution >= 4 is 5.97 Å². The molecule has 0 spiro atoms. The number of aryl methyl sites for hydroxylation is 3. The quantitative estimate of drug-likeness (QED) is 0.0833. The van der Waals surface area contributed by atoms with Gasteiger partial charge in [-0.15, -0.1) is 0 Å². The predicted molar refractivity (Wildman–Crippen MR) is 286 cm³/mol. The van der Waals surface area contributed by atoms with Crippen LogP contribution in [0.25, 0.3) is 0 Å². The number of hydrogen-bond acceptors (Lipinski definition) is 8. The van der Waals surface area contributed by atoms with E-state index >= 15 is 0 Å². The smallest absolute Gasteiger partial charge is 0.331 e. The molecule has 9 nitrogen and oxygen atoms in total. The van der Waals surface area contributed by atoms with Crippen molar-refractivity contribution in [3.05, 3.63) is 105 Å². The molecule has 3 aromatic carbocycles. The highest BCUT2D eigenvalue weighted by Gasteiger charge is 2.49. The van der Waals surface area contributed by atoms with E-state index in [4.69, 9.17) is 19.9 Å². The second-order valence-electron chi connectivity index (χ2n) is 23.4. The Bertz CT molecular complexity index is 2360. The number of carboxylic acid groups (broad SMARTS) is 1. The van der Waals surface area contributed by atoms with Gasteiger partial charge in [-0.2, -0.15) is 0 Å². The number of ether oxygens (including phenoxy) is 3. The van der Waals surface area contributed by atoms with Crippen molar-refractivity contribution in [1.82, 2.24) is 0 Å². The Morgan fingerprint density at radius 2 is 0.887 bits per heavy atom. The first-order valence-electron chi connectivity index (χ1n) is 27.3. The van der Waals surface area contributed by atoms with E-state index in [9.17, 15) is 25.2 Å². The summed E-state index contributed by atoms with van der Waals surface area (Å²) in [7, 11) is 0. The first-order valence-corrected chi connectivity index (χ1v) is 27.3. The van der Waals surface area contributed by atoms with Crippen molar-refractivity contribution in [1.29, 1.82) is 0 Å². The number of phenolic OH excluding ortho intramolecular Hbond substituents is 3. The van der Waals surface area contributed by atoms with Gasteiger partial charge in [-0.1, -0.05) is 83.1 Å². The Labute approximate surface area is 426 Å². The number of unbranched alkanes of at least 4 members (excludes halogenated alkanes) is 6. The molecule has 0 amide bonds. The number of benzene rings is 3. The Kier molecular flexibility index (Phi) is 16.9. The summed E-state index contributed by atoms with van der Waals surface area (Å²) in [5.41, 5.74) is 14.3. The number of phenols is 3. The Hall–Kier alpha value is -5.05. The molecule has 6 atom stereocenters. The predicted octanol–water partition coefficient (Wildman–Crippen LogP) is 15.2. The van der Waals surface area contributed by atoms with Crippen LogP contribution >= 0.6 is 0 Å². The zero-order valence-electron chi connectivity index (χ0n) is 44.9. The summed E-state index contributed by atoms with van der Waals surface area (Å²) >= 11 is 0. The topological polar surface area (TPSA) is 152 Å². The highest BCUT2D eigenvalue weighted by Crippen LogP contribution is 2.57. The molecule has 0 radical (unpaired) electrons. The van der Waals surface area contributed by atoms with Crippen LogP contribution in [0.15, 0.2) is 71.5 Å². The molecule has 0 saturated carbocycles. The Morgan fingerprint density at radius 3 is 1.27 bits per heavy atom. The standard InChI is InChI=1S/C21H28O4.C21H30O2.C20H29NO2/c1-4-5-6-7-13-10-17(22)19-15-12-14(20(23)24)8-9-16(15)21(2,3)25-18(19)11-13;1-5-6-7-8-15-12-18(22)20-16-11-14(2)9-10-17(16)21(3,4)23-19(20)13-15;1-4-5-6-7-13-10-17(22)19-15-12-14(21)8-9-16(15)20(2,3)23-18(19)11-13/h8,10-11,15-16,22H,4-7,9,12H2,1-3H3,(H,23,24);9,12-13,16-17,22H,5-8,10-11H2,1-4H3;8,10-11,15-16,22H,4-7,9,12,21H2,1-3H3. The number of aromatic hydroxyl groups is 3. The molecule has 6 N–H and O–H groups in total. The van der Waals surface area contributed by atoms with Gasteiger partial charge in [0.2, 0.25) is 0 Å². The lowest BCUT2D eigenvalue weighted by atomic mass is 9.67. The molecule has 6 unspecified atom stereocenters. The van der Waals surface area contributed by atoms with E-state index in [-0.39, 0.29) is 40.3 Å². The van der Waals surface area contributed by atoms with Crippen LogP contribution in [0.1, 0.15) is 217 Å². The van der Waals surface area contributed by atoms with Crippen LogP contribution in [0, 0.1) is 17.8 Å². The number of rotatable bonds is 13. The molecular formula is C62H87NO8. The second kappa shape index (κ2) is 22.4. The van der Waals surface area contributed by atoms with Crippen molar-refractivity contribution in [3.8, 4) is 34.5 Å². The Morgan fingerprint density at radius 1 is 0.535 bits per heavy atom. The number of nitrogens with two attached hydrogens (primary N) is 1. The van der Waals surface area contributed by atoms with Crippen LogP contribution in [-0.4, -0.2) is 43.2 Å². The van der Waals surface area contributed by atoms with Crippen LogP contribution in [0.3, 0.4) is 0 Å². The van der Waals surface area contributed by atoms with Gasteiger partial charge in [0.25, 0.3) is 0 Å². The highest BCUT2D eigenvalue weighted by atomic mass is 16.5. The van der Waals surface area contributed by atoms with Gasteiger partial charge in [-0.05, 0) is 179 Å². The van der Waals surface area contributed by atoms with E-state index in [2.05, 4.69) is 93.5 Å². The second-order valence-corrected chi connectivity index (χ2v) is 23.4. The van der Waals surface area contributed by atoms with E-state index in [0.717, 1.165) is 109 Å². The van der Waals surface area contributed by atoms with Gasteiger partial charge < -0.3 is 40.4 Å². The normalized spacial score (nSPS) is 24.7. The van der Waals surface area contributed by atoms with E-state index < -0.39 is 5.97 Å². The molecule has 0 bridgehead atoms. The Balaban J connectivity index is 0.000000157. The van der Waals surface area contributed by atoms with Crippen LogP contribution in [0.4, 0.5) is 0 Å². The number of allylic oxidation sites excluding steroid dienone is 5. The molecule has 0 saturated heterocycles. The highest BCUT2D eigenvalue weighted by molar-refractivity contribution is 5.87. The number of carboxylic acids is 1. The number of carbonyl (C=O) groups is 1. The van der Waals surface area contributed by atoms with Crippen LogP contribution in [-0.2, 0) is 24.1 Å². The molecule has 3 heterocycles. The fourth-order valence-electron chi connectivity index (χ4n) is 12.9. The number of hydrogen-bond donors (Lipinski definition) is 5. The minimum absolute atomic E-state index is 0.0143. The number of aliphatic carboxylic acids is 1. The summed E-state index contributed by atoms with van der Waals surface area (Å²) in [6.07, 6.45) is 24.8. The van der Waals surface area contributed by atoms with Crippen molar-refractivity contribution in [2.45, 2.75) is 219 Å². The molecular weight excluding hydrogens is 887 g/mol. The third-order valence-corrected chi connectivity index (χ3v) is 16.8. The average Bonchev–Trinajstić information content (AvgIpc) is 3.28. The molecule has 388 valence electrons. The molecule has 3 aliphatic heterocycles. The average molecular weight is 974 g/mol. The van der Waals surface area contributed by atoms with E-state index in [1.54, 1.807) is 0 Å². The summed E-state index contributed by atoms with van der Waals surface area (Å²) < 4.78 is 19.0. The first-order chi connectivity index (χ1) is 33.7. The largest absolute Gasteiger partial charge is 0.508 e. The van der Waals surface area contributed by atoms with Crippen LogP contribution < -0.4 is 19.9 Å². The molecule has 0 aromatic heterocycles. The van der Waals surface area contributed by atoms with Crippen LogP contribution in [0.2, 0.25) is 0 Å². The van der Waals surface area contributed by atoms with Crippen LogP contribution in [0.5, 0.6) is 34.5 Å². The van der Waals surface area contributed by atoms with E-state index in [0.29, 0.717) is 47.7 Å². The van der Waals surface area contributed by atoms with Gasteiger partial charge in [-0.25, -0.2) is 4.79 Å². The molecule has 0 fully saturated rings. The van der Waals surface area contributed by atoms with Gasteiger partial charge in [0.1, 0.15) is 51.3 Å². The zero-order chi connectivity index (χ0) is 51.4. The monoisotopic (exact) mass is 974 g/mol.